The van der Waals surface area contributed by atoms with Crippen molar-refractivity contribution in [2.45, 2.75) is 45.6 Å². The van der Waals surface area contributed by atoms with Crippen LogP contribution >= 0.6 is 0 Å². The molecule has 1 aromatic carbocycles. The molecule has 2 N–H and O–H groups in total. The van der Waals surface area contributed by atoms with E-state index in [1.165, 1.54) is 24.0 Å². The zero-order valence-corrected chi connectivity index (χ0v) is 10.0. The van der Waals surface area contributed by atoms with Crippen molar-refractivity contribution in [2.75, 3.05) is 0 Å². The third-order valence-electron chi connectivity index (χ3n) is 4.11. The van der Waals surface area contributed by atoms with Crippen LogP contribution < -0.4 is 5.73 Å². The molecule has 0 aliphatic heterocycles. The van der Waals surface area contributed by atoms with Gasteiger partial charge in [0.05, 0.1) is 0 Å². The molecule has 1 aliphatic carbocycles. The van der Waals surface area contributed by atoms with E-state index >= 15 is 0 Å². The standard InChI is InChI=1S/C14H21N/c1-11-6-4-7-12(10-11)14(15)9-5-8-13(14,2)3/h4,6-7,10H,5,8-9,15H2,1-3H3. The van der Waals surface area contributed by atoms with Crippen molar-refractivity contribution >= 4 is 0 Å². The summed E-state index contributed by atoms with van der Waals surface area (Å²) in [7, 11) is 0. The first-order chi connectivity index (χ1) is 6.96. The predicted octanol–water partition coefficient (Wildman–Crippen LogP) is 3.36. The Kier molecular flexibility index (Phi) is 2.38. The molecule has 0 spiro atoms. The predicted molar refractivity (Wildman–Crippen MR) is 64.7 cm³/mol. The summed E-state index contributed by atoms with van der Waals surface area (Å²) in [6.07, 6.45) is 3.60. The maximum absolute atomic E-state index is 6.63. The van der Waals surface area contributed by atoms with Gasteiger partial charge in [-0.3, -0.25) is 0 Å². The fourth-order valence-electron chi connectivity index (χ4n) is 2.83. The Bertz CT molecular complexity index is 367. The number of hydrogen-bond acceptors (Lipinski definition) is 1. The van der Waals surface area contributed by atoms with Crippen molar-refractivity contribution < 1.29 is 0 Å². The number of aryl methyl sites for hydroxylation is 1. The van der Waals surface area contributed by atoms with Crippen LogP contribution in [0.4, 0.5) is 0 Å². The zero-order valence-electron chi connectivity index (χ0n) is 10.0. The highest BCUT2D eigenvalue weighted by Gasteiger charge is 2.46. The summed E-state index contributed by atoms with van der Waals surface area (Å²) in [5, 5.41) is 0. The number of benzene rings is 1. The Hall–Kier alpha value is -0.820. The Morgan fingerprint density at radius 1 is 1.20 bits per heavy atom. The number of rotatable bonds is 1. The molecule has 1 aromatic rings. The molecule has 0 amide bonds. The fraction of sp³-hybridized carbons (Fsp3) is 0.571. The first-order valence-electron chi connectivity index (χ1n) is 5.82. The van der Waals surface area contributed by atoms with E-state index in [2.05, 4.69) is 45.0 Å². The Morgan fingerprint density at radius 2 is 1.93 bits per heavy atom. The first-order valence-corrected chi connectivity index (χ1v) is 5.82. The van der Waals surface area contributed by atoms with Crippen LogP contribution in [0.3, 0.4) is 0 Å². The van der Waals surface area contributed by atoms with Gasteiger partial charge < -0.3 is 5.73 Å². The van der Waals surface area contributed by atoms with Crippen LogP contribution in [0.25, 0.3) is 0 Å². The molecule has 1 heteroatoms. The smallest absolute Gasteiger partial charge is 0.0461 e. The molecule has 0 saturated heterocycles. The van der Waals surface area contributed by atoms with Crippen molar-refractivity contribution in [3.05, 3.63) is 35.4 Å². The van der Waals surface area contributed by atoms with E-state index in [0.29, 0.717) is 0 Å². The van der Waals surface area contributed by atoms with Gasteiger partial charge in [0.15, 0.2) is 0 Å². The van der Waals surface area contributed by atoms with E-state index in [-0.39, 0.29) is 11.0 Å². The summed E-state index contributed by atoms with van der Waals surface area (Å²) in [5.74, 6) is 0. The molecule has 2 rings (SSSR count). The van der Waals surface area contributed by atoms with Gasteiger partial charge >= 0.3 is 0 Å². The molecule has 1 aliphatic rings. The lowest BCUT2D eigenvalue weighted by atomic mass is 9.71. The summed E-state index contributed by atoms with van der Waals surface area (Å²) in [4.78, 5) is 0. The molecule has 1 atom stereocenters. The van der Waals surface area contributed by atoms with Gasteiger partial charge in [0.1, 0.15) is 0 Å². The van der Waals surface area contributed by atoms with Crippen LogP contribution in [-0.4, -0.2) is 0 Å². The van der Waals surface area contributed by atoms with Crippen LogP contribution in [0, 0.1) is 12.3 Å². The van der Waals surface area contributed by atoms with Gasteiger partial charge in [0, 0.05) is 5.54 Å². The van der Waals surface area contributed by atoms with Gasteiger partial charge in [0.25, 0.3) is 0 Å². The monoisotopic (exact) mass is 203 g/mol. The quantitative estimate of drug-likeness (QED) is 0.744. The third-order valence-corrected chi connectivity index (χ3v) is 4.11. The molecule has 15 heavy (non-hydrogen) atoms. The minimum absolute atomic E-state index is 0.126. The van der Waals surface area contributed by atoms with E-state index in [9.17, 15) is 0 Å². The second kappa shape index (κ2) is 3.34. The molecular formula is C14H21N. The van der Waals surface area contributed by atoms with Crippen molar-refractivity contribution in [2.24, 2.45) is 11.1 Å². The van der Waals surface area contributed by atoms with Gasteiger partial charge in [-0.2, -0.15) is 0 Å². The normalized spacial score (nSPS) is 29.3. The molecule has 0 aromatic heterocycles. The molecule has 0 bridgehead atoms. The highest BCUT2D eigenvalue weighted by Crippen LogP contribution is 2.50. The lowest BCUT2D eigenvalue weighted by Crippen LogP contribution is -2.45. The molecule has 1 unspecified atom stereocenters. The van der Waals surface area contributed by atoms with Gasteiger partial charge in [-0.1, -0.05) is 50.1 Å². The minimum atomic E-state index is -0.126. The fourth-order valence-corrected chi connectivity index (χ4v) is 2.83. The second-order valence-electron chi connectivity index (χ2n) is 5.58. The van der Waals surface area contributed by atoms with E-state index < -0.39 is 0 Å². The molecule has 1 nitrogen and oxygen atoms in total. The van der Waals surface area contributed by atoms with Crippen molar-refractivity contribution in [3.63, 3.8) is 0 Å². The molecule has 82 valence electrons. The maximum atomic E-state index is 6.63. The van der Waals surface area contributed by atoms with Crippen LogP contribution in [-0.2, 0) is 5.54 Å². The average Bonchev–Trinajstić information content (AvgIpc) is 2.43. The van der Waals surface area contributed by atoms with E-state index in [1.54, 1.807) is 0 Å². The van der Waals surface area contributed by atoms with E-state index in [1.807, 2.05) is 0 Å². The molecule has 0 radical (unpaired) electrons. The number of hydrogen-bond donors (Lipinski definition) is 1. The molecule has 1 fully saturated rings. The molecular weight excluding hydrogens is 182 g/mol. The van der Waals surface area contributed by atoms with E-state index in [4.69, 9.17) is 5.73 Å². The lowest BCUT2D eigenvalue weighted by Gasteiger charge is -2.39. The highest BCUT2D eigenvalue weighted by molar-refractivity contribution is 5.31. The van der Waals surface area contributed by atoms with Gasteiger partial charge in [-0.25, -0.2) is 0 Å². The topological polar surface area (TPSA) is 26.0 Å². The largest absolute Gasteiger partial charge is 0.321 e. The lowest BCUT2D eigenvalue weighted by molar-refractivity contribution is 0.210. The Labute approximate surface area is 92.7 Å². The summed E-state index contributed by atoms with van der Waals surface area (Å²) in [6, 6.07) is 8.68. The van der Waals surface area contributed by atoms with Gasteiger partial charge in [-0.05, 0) is 30.7 Å². The van der Waals surface area contributed by atoms with Crippen LogP contribution in [0.1, 0.15) is 44.2 Å². The van der Waals surface area contributed by atoms with Crippen LogP contribution in [0.5, 0.6) is 0 Å². The summed E-state index contributed by atoms with van der Waals surface area (Å²) in [5.41, 5.74) is 9.34. The second-order valence-corrected chi connectivity index (χ2v) is 5.58. The number of nitrogens with two attached hydrogens (primary N) is 1. The Balaban J connectivity index is 2.45. The summed E-state index contributed by atoms with van der Waals surface area (Å²) in [6.45, 7) is 6.72. The zero-order chi connectivity index (χ0) is 11.1. The minimum Gasteiger partial charge on any atom is -0.321 e. The SMILES string of the molecule is Cc1cccc(C2(N)CCCC2(C)C)c1. The molecule has 1 saturated carbocycles. The summed E-state index contributed by atoms with van der Waals surface area (Å²) < 4.78 is 0. The van der Waals surface area contributed by atoms with Gasteiger partial charge in [0.2, 0.25) is 0 Å². The maximum Gasteiger partial charge on any atom is 0.0461 e. The van der Waals surface area contributed by atoms with Crippen molar-refractivity contribution in [1.29, 1.82) is 0 Å². The third kappa shape index (κ3) is 1.59. The van der Waals surface area contributed by atoms with Gasteiger partial charge in [-0.15, -0.1) is 0 Å². The average molecular weight is 203 g/mol. The molecule has 0 heterocycles. The Morgan fingerprint density at radius 3 is 2.47 bits per heavy atom. The first kappa shape index (κ1) is 10.7. The van der Waals surface area contributed by atoms with Crippen molar-refractivity contribution in [3.8, 4) is 0 Å². The van der Waals surface area contributed by atoms with E-state index in [0.717, 1.165) is 6.42 Å². The van der Waals surface area contributed by atoms with Crippen LogP contribution in [0.15, 0.2) is 24.3 Å². The van der Waals surface area contributed by atoms with Crippen LogP contribution in [0.2, 0.25) is 0 Å². The highest BCUT2D eigenvalue weighted by atomic mass is 14.8. The van der Waals surface area contributed by atoms with Crippen molar-refractivity contribution in [1.82, 2.24) is 0 Å². The summed E-state index contributed by atoms with van der Waals surface area (Å²) >= 11 is 0.